The largest absolute Gasteiger partial charge is 0.375 e. The molecule has 0 heterocycles. The first kappa shape index (κ1) is 8.69. The van der Waals surface area contributed by atoms with E-state index >= 15 is 0 Å². The maximum atomic E-state index is 11.0. The van der Waals surface area contributed by atoms with Crippen LogP contribution in [-0.2, 0) is 9.53 Å². The summed E-state index contributed by atoms with van der Waals surface area (Å²) in [4.78, 5) is 11.0. The number of methoxy groups -OCH3 is 1. The first-order valence-corrected chi connectivity index (χ1v) is 4.65. The van der Waals surface area contributed by atoms with E-state index in [1.807, 2.05) is 0 Å². The van der Waals surface area contributed by atoms with Crippen LogP contribution >= 0.6 is 0 Å². The molecule has 0 bridgehead atoms. The van der Waals surface area contributed by atoms with E-state index < -0.39 is 0 Å². The minimum atomic E-state index is -0.167. The normalized spacial score (nSPS) is 33.2. The molecule has 72 valence electrons. The van der Waals surface area contributed by atoms with E-state index in [1.54, 1.807) is 0 Å². The SMILES string of the molecule is COCC(=O)N/N=C1/CC[C@H]2C[C@@H]12. The molecule has 0 aromatic carbocycles. The zero-order valence-corrected chi connectivity index (χ0v) is 7.75. The van der Waals surface area contributed by atoms with E-state index in [0.29, 0.717) is 5.92 Å². The fourth-order valence-corrected chi connectivity index (χ4v) is 1.93. The molecule has 2 rings (SSSR count). The van der Waals surface area contributed by atoms with Gasteiger partial charge in [0.05, 0.1) is 0 Å². The summed E-state index contributed by atoms with van der Waals surface area (Å²) in [6.45, 7) is 0.0882. The van der Waals surface area contributed by atoms with Gasteiger partial charge >= 0.3 is 0 Å². The molecule has 0 aromatic rings. The van der Waals surface area contributed by atoms with E-state index in [2.05, 4.69) is 15.3 Å². The Morgan fingerprint density at radius 2 is 2.62 bits per heavy atom. The van der Waals surface area contributed by atoms with E-state index in [9.17, 15) is 4.79 Å². The topological polar surface area (TPSA) is 50.7 Å². The molecule has 0 unspecified atom stereocenters. The minimum absolute atomic E-state index is 0.0882. The van der Waals surface area contributed by atoms with E-state index in [1.165, 1.54) is 25.7 Å². The van der Waals surface area contributed by atoms with Gasteiger partial charge in [-0.3, -0.25) is 4.79 Å². The number of carbonyl (C=O) groups excluding carboxylic acids is 1. The molecular formula is C9H14N2O2. The molecule has 2 atom stereocenters. The lowest BCUT2D eigenvalue weighted by Crippen LogP contribution is -2.23. The highest BCUT2D eigenvalue weighted by Gasteiger charge is 2.45. The Hall–Kier alpha value is -0.900. The van der Waals surface area contributed by atoms with Gasteiger partial charge in [0.2, 0.25) is 0 Å². The maximum Gasteiger partial charge on any atom is 0.266 e. The van der Waals surface area contributed by atoms with Gasteiger partial charge in [0.1, 0.15) is 6.61 Å². The summed E-state index contributed by atoms with van der Waals surface area (Å²) >= 11 is 0. The summed E-state index contributed by atoms with van der Waals surface area (Å²) in [5.41, 5.74) is 3.68. The lowest BCUT2D eigenvalue weighted by atomic mass is 10.2. The number of hydrogen-bond donors (Lipinski definition) is 1. The van der Waals surface area contributed by atoms with Crippen LogP contribution in [0.3, 0.4) is 0 Å². The average Bonchev–Trinajstić information content (AvgIpc) is 2.78. The molecule has 0 radical (unpaired) electrons. The van der Waals surface area contributed by atoms with Crippen LogP contribution < -0.4 is 5.43 Å². The van der Waals surface area contributed by atoms with Crippen molar-refractivity contribution in [3.63, 3.8) is 0 Å². The van der Waals surface area contributed by atoms with Crippen molar-refractivity contribution >= 4 is 11.6 Å². The monoisotopic (exact) mass is 182 g/mol. The van der Waals surface area contributed by atoms with Crippen LogP contribution in [0.4, 0.5) is 0 Å². The van der Waals surface area contributed by atoms with Crippen molar-refractivity contribution in [1.29, 1.82) is 0 Å². The van der Waals surface area contributed by atoms with Gasteiger partial charge in [-0.15, -0.1) is 0 Å². The van der Waals surface area contributed by atoms with Gasteiger partial charge in [-0.25, -0.2) is 5.43 Å². The molecule has 2 aliphatic carbocycles. The molecule has 2 saturated carbocycles. The predicted molar refractivity (Wildman–Crippen MR) is 48.3 cm³/mol. The van der Waals surface area contributed by atoms with Gasteiger partial charge in [-0.1, -0.05) is 0 Å². The highest BCUT2D eigenvalue weighted by Crippen LogP contribution is 2.49. The van der Waals surface area contributed by atoms with Crippen molar-refractivity contribution in [1.82, 2.24) is 5.43 Å². The number of amides is 1. The first-order valence-electron chi connectivity index (χ1n) is 4.65. The summed E-state index contributed by atoms with van der Waals surface area (Å²) < 4.78 is 4.67. The number of hydrogen-bond acceptors (Lipinski definition) is 3. The van der Waals surface area contributed by atoms with Crippen LogP contribution in [0.2, 0.25) is 0 Å². The fourth-order valence-electron chi connectivity index (χ4n) is 1.93. The minimum Gasteiger partial charge on any atom is -0.375 e. The Labute approximate surface area is 77.3 Å². The maximum absolute atomic E-state index is 11.0. The average molecular weight is 182 g/mol. The van der Waals surface area contributed by atoms with Crippen molar-refractivity contribution in [2.24, 2.45) is 16.9 Å². The van der Waals surface area contributed by atoms with Gasteiger partial charge < -0.3 is 4.74 Å². The van der Waals surface area contributed by atoms with Crippen molar-refractivity contribution in [2.45, 2.75) is 19.3 Å². The molecule has 0 aliphatic heterocycles. The van der Waals surface area contributed by atoms with Crippen molar-refractivity contribution < 1.29 is 9.53 Å². The number of carbonyl (C=O) groups is 1. The van der Waals surface area contributed by atoms with Gasteiger partial charge in [0.25, 0.3) is 5.91 Å². The zero-order chi connectivity index (χ0) is 9.26. The quantitative estimate of drug-likeness (QED) is 0.647. The van der Waals surface area contributed by atoms with Crippen LogP contribution in [0.1, 0.15) is 19.3 Å². The molecular weight excluding hydrogens is 168 g/mol. The van der Waals surface area contributed by atoms with Gasteiger partial charge in [-0.2, -0.15) is 5.10 Å². The van der Waals surface area contributed by atoms with Crippen molar-refractivity contribution in [3.05, 3.63) is 0 Å². The van der Waals surface area contributed by atoms with Crippen LogP contribution in [-0.4, -0.2) is 25.3 Å². The standard InChI is InChI=1S/C9H14N2O2/c1-13-5-9(12)11-10-8-3-2-6-4-7(6)8/h6-7H,2-5H2,1H3,(H,11,12)/b10-8-/t6-,7+/m0/s1. The van der Waals surface area contributed by atoms with Gasteiger partial charge in [0, 0.05) is 18.7 Å². The molecule has 1 amide bonds. The second-order valence-electron chi connectivity index (χ2n) is 3.71. The lowest BCUT2D eigenvalue weighted by molar-refractivity contribution is -0.124. The highest BCUT2D eigenvalue weighted by atomic mass is 16.5. The Balaban J connectivity index is 1.80. The van der Waals surface area contributed by atoms with Crippen LogP contribution in [0.25, 0.3) is 0 Å². The second-order valence-corrected chi connectivity index (χ2v) is 3.71. The van der Waals surface area contributed by atoms with Crippen LogP contribution in [0, 0.1) is 11.8 Å². The fraction of sp³-hybridized carbons (Fsp3) is 0.778. The molecule has 2 aliphatic rings. The number of rotatable bonds is 3. The zero-order valence-electron chi connectivity index (χ0n) is 7.75. The summed E-state index contributed by atoms with van der Waals surface area (Å²) in [7, 11) is 1.50. The van der Waals surface area contributed by atoms with Gasteiger partial charge in [-0.05, 0) is 25.2 Å². The third kappa shape index (κ3) is 1.88. The third-order valence-electron chi connectivity index (χ3n) is 2.72. The number of ether oxygens (including phenoxy) is 1. The van der Waals surface area contributed by atoms with Crippen molar-refractivity contribution in [3.8, 4) is 0 Å². The predicted octanol–water partition coefficient (Wildman–Crippen LogP) is 0.535. The smallest absolute Gasteiger partial charge is 0.266 e. The van der Waals surface area contributed by atoms with Crippen LogP contribution in [0.5, 0.6) is 0 Å². The molecule has 13 heavy (non-hydrogen) atoms. The molecule has 1 N–H and O–H groups in total. The Morgan fingerprint density at radius 3 is 3.15 bits per heavy atom. The number of fused-ring (bicyclic) bond motifs is 1. The van der Waals surface area contributed by atoms with Crippen LogP contribution in [0.15, 0.2) is 5.10 Å². The first-order chi connectivity index (χ1) is 6.31. The number of nitrogens with one attached hydrogen (secondary N) is 1. The highest BCUT2D eigenvalue weighted by molar-refractivity contribution is 5.92. The number of nitrogens with zero attached hydrogens (tertiary/aromatic N) is 1. The Bertz CT molecular complexity index is 250. The van der Waals surface area contributed by atoms with E-state index in [-0.39, 0.29) is 12.5 Å². The summed E-state index contributed by atoms with van der Waals surface area (Å²) in [5, 5.41) is 4.10. The molecule has 0 spiro atoms. The molecule has 0 saturated heterocycles. The number of hydrazone groups is 1. The Morgan fingerprint density at radius 1 is 1.77 bits per heavy atom. The molecule has 4 nitrogen and oxygen atoms in total. The summed E-state index contributed by atoms with van der Waals surface area (Å²) in [5.74, 6) is 1.39. The van der Waals surface area contributed by atoms with E-state index in [0.717, 1.165) is 12.3 Å². The van der Waals surface area contributed by atoms with Crippen molar-refractivity contribution in [2.75, 3.05) is 13.7 Å². The summed E-state index contributed by atoms with van der Waals surface area (Å²) in [6, 6.07) is 0. The molecule has 0 aromatic heterocycles. The summed E-state index contributed by atoms with van der Waals surface area (Å²) in [6.07, 6.45) is 3.59. The Kier molecular flexibility index (Phi) is 2.31. The molecule has 2 fully saturated rings. The third-order valence-corrected chi connectivity index (χ3v) is 2.72. The van der Waals surface area contributed by atoms with Gasteiger partial charge in [0.15, 0.2) is 0 Å². The molecule has 4 heteroatoms. The van der Waals surface area contributed by atoms with E-state index in [4.69, 9.17) is 0 Å². The lowest BCUT2D eigenvalue weighted by Gasteiger charge is -2.00. The second kappa shape index (κ2) is 3.46.